The molecular weight excluding hydrogens is 296 g/mol. The molecule has 0 saturated carbocycles. The lowest BCUT2D eigenvalue weighted by Crippen LogP contribution is -2.27. The summed E-state index contributed by atoms with van der Waals surface area (Å²) < 4.78 is 5.65. The predicted molar refractivity (Wildman–Crippen MR) is 96.6 cm³/mol. The summed E-state index contributed by atoms with van der Waals surface area (Å²) in [5, 5.41) is 9.51. The number of carbonyl (C=O) groups is 1. The lowest BCUT2D eigenvalue weighted by molar-refractivity contribution is 0.0519. The normalized spacial score (nSPS) is 7.96. The predicted octanol–water partition coefficient (Wildman–Crippen LogP) is 3.95. The molecule has 0 aliphatic rings. The maximum Gasteiger partial charge on any atom is 0.349 e. The quantitative estimate of drug-likeness (QED) is 0.847. The fraction of sp³-hybridized carbons (Fsp3) is 0.471. The van der Waals surface area contributed by atoms with E-state index in [1.165, 1.54) is 12.3 Å². The fourth-order valence-electron chi connectivity index (χ4n) is 1.24. The Morgan fingerprint density at radius 1 is 1.22 bits per heavy atom. The molecule has 6 heteroatoms. The molecule has 0 aromatic carbocycles. The van der Waals surface area contributed by atoms with Gasteiger partial charge in [-0.25, -0.2) is 4.79 Å². The van der Waals surface area contributed by atoms with E-state index >= 15 is 0 Å². The molecule has 6 nitrogen and oxygen atoms in total. The number of hydrogen-bond donors (Lipinski definition) is 1. The zero-order valence-electron chi connectivity index (χ0n) is 15.3. The molecule has 1 rings (SSSR count). The lowest BCUT2D eigenvalue weighted by atomic mass is 10.3. The van der Waals surface area contributed by atoms with Gasteiger partial charge in [0.15, 0.2) is 5.56 Å². The smallest absolute Gasteiger partial charge is 0.349 e. The van der Waals surface area contributed by atoms with Crippen molar-refractivity contribution in [1.82, 2.24) is 9.55 Å². The van der Waals surface area contributed by atoms with Gasteiger partial charge in [0, 0.05) is 6.20 Å². The van der Waals surface area contributed by atoms with Crippen LogP contribution < -0.4 is 5.56 Å². The van der Waals surface area contributed by atoms with Gasteiger partial charge in [-0.05, 0) is 13.0 Å². The first-order valence-electron chi connectivity index (χ1n) is 7.84. The Labute approximate surface area is 139 Å². The first kappa shape index (κ1) is 25.6. The summed E-state index contributed by atoms with van der Waals surface area (Å²) in [4.78, 5) is 27.0. The van der Waals surface area contributed by atoms with Crippen molar-refractivity contribution in [2.75, 3.05) is 6.61 Å². The minimum absolute atomic E-state index is 0.0923. The van der Waals surface area contributed by atoms with Gasteiger partial charge in [-0.2, -0.15) is 4.98 Å². The third-order valence-electron chi connectivity index (χ3n) is 1.97. The van der Waals surface area contributed by atoms with E-state index < -0.39 is 23.0 Å². The number of hydrogen-bond acceptors (Lipinski definition) is 5. The molecule has 0 atom stereocenters. The monoisotopic (exact) mass is 326 g/mol. The number of esters is 1. The third kappa shape index (κ3) is 7.44. The van der Waals surface area contributed by atoms with Crippen molar-refractivity contribution in [3.8, 4) is 5.88 Å². The van der Waals surface area contributed by atoms with Gasteiger partial charge in [0.05, 0.1) is 6.61 Å². The second kappa shape index (κ2) is 16.0. The SMILES string of the molecule is C=Cc1nc(O)c(C(=O)OCC)c(=O)n1C=C.CC.CC.CC. The van der Waals surface area contributed by atoms with Crippen LogP contribution in [-0.4, -0.2) is 27.2 Å². The highest BCUT2D eigenvalue weighted by atomic mass is 16.5. The van der Waals surface area contributed by atoms with Crippen molar-refractivity contribution in [2.45, 2.75) is 48.5 Å². The zero-order chi connectivity index (χ0) is 19.0. The van der Waals surface area contributed by atoms with Gasteiger partial charge < -0.3 is 9.84 Å². The third-order valence-corrected chi connectivity index (χ3v) is 1.97. The first-order chi connectivity index (χ1) is 11.1. The Hall–Kier alpha value is -2.37. The minimum Gasteiger partial charge on any atom is -0.492 e. The van der Waals surface area contributed by atoms with Gasteiger partial charge in [0.25, 0.3) is 5.56 Å². The van der Waals surface area contributed by atoms with E-state index in [9.17, 15) is 14.7 Å². The van der Waals surface area contributed by atoms with Crippen LogP contribution in [0.25, 0.3) is 12.3 Å². The number of rotatable bonds is 4. The van der Waals surface area contributed by atoms with Crippen LogP contribution in [-0.2, 0) is 4.74 Å². The van der Waals surface area contributed by atoms with E-state index in [1.54, 1.807) is 6.92 Å². The van der Waals surface area contributed by atoms with Gasteiger partial charge in [0.1, 0.15) is 5.82 Å². The van der Waals surface area contributed by atoms with E-state index in [2.05, 4.69) is 22.9 Å². The summed E-state index contributed by atoms with van der Waals surface area (Å²) in [5.74, 6) is -1.51. The Kier molecular flexibility index (Phi) is 17.8. The van der Waals surface area contributed by atoms with E-state index in [0.29, 0.717) is 0 Å². The molecule has 1 heterocycles. The van der Waals surface area contributed by atoms with Crippen molar-refractivity contribution >= 4 is 18.2 Å². The van der Waals surface area contributed by atoms with E-state index in [0.717, 1.165) is 4.57 Å². The van der Waals surface area contributed by atoms with Crippen molar-refractivity contribution in [3.63, 3.8) is 0 Å². The number of aromatic nitrogens is 2. The molecule has 0 aliphatic carbocycles. The number of carbonyl (C=O) groups excluding carboxylic acids is 1. The van der Waals surface area contributed by atoms with Crippen LogP contribution in [0.5, 0.6) is 5.88 Å². The number of nitrogens with zero attached hydrogens (tertiary/aromatic N) is 2. The summed E-state index contributed by atoms with van der Waals surface area (Å²) in [6, 6.07) is 0. The molecule has 1 N–H and O–H groups in total. The largest absolute Gasteiger partial charge is 0.492 e. The maximum absolute atomic E-state index is 11.9. The Bertz CT molecular complexity index is 534. The van der Waals surface area contributed by atoms with Gasteiger partial charge in [-0.1, -0.05) is 54.7 Å². The summed E-state index contributed by atoms with van der Waals surface area (Å²) >= 11 is 0. The standard InChI is InChI=1S/C11H12N2O4.3C2H6/c1-4-7-12-9(14)8(11(16)17-6-3)10(15)13(7)5-2;3*1-2/h4-5,14H,1-2,6H2,3H3;3*1-2H3. The summed E-state index contributed by atoms with van der Waals surface area (Å²) in [6.45, 7) is 20.5. The van der Waals surface area contributed by atoms with Crippen LogP contribution >= 0.6 is 0 Å². The second-order valence-electron chi connectivity index (χ2n) is 2.95. The van der Waals surface area contributed by atoms with Crippen LogP contribution in [0.4, 0.5) is 0 Å². The molecule has 1 aromatic rings. The number of aromatic hydroxyl groups is 1. The highest BCUT2D eigenvalue weighted by Gasteiger charge is 2.21. The second-order valence-corrected chi connectivity index (χ2v) is 2.95. The Balaban J connectivity index is -0.000000595. The average Bonchev–Trinajstić information content (AvgIpc) is 2.60. The summed E-state index contributed by atoms with van der Waals surface area (Å²) in [5.41, 5.74) is -1.27. The first-order valence-corrected chi connectivity index (χ1v) is 7.84. The van der Waals surface area contributed by atoms with Gasteiger partial charge in [-0.3, -0.25) is 9.36 Å². The minimum atomic E-state index is -0.922. The van der Waals surface area contributed by atoms with Gasteiger partial charge in [0.2, 0.25) is 5.88 Å². The topological polar surface area (TPSA) is 81.4 Å². The van der Waals surface area contributed by atoms with Crippen LogP contribution in [0.1, 0.15) is 64.6 Å². The van der Waals surface area contributed by atoms with Gasteiger partial charge in [-0.15, -0.1) is 0 Å². The maximum atomic E-state index is 11.9. The van der Waals surface area contributed by atoms with Crippen LogP contribution in [0, 0.1) is 0 Å². The Morgan fingerprint density at radius 2 is 1.70 bits per heavy atom. The zero-order valence-corrected chi connectivity index (χ0v) is 15.3. The van der Waals surface area contributed by atoms with Crippen LogP contribution in [0.2, 0.25) is 0 Å². The molecular formula is C17H30N2O4. The molecule has 0 saturated heterocycles. The Morgan fingerprint density at radius 3 is 2.04 bits per heavy atom. The highest BCUT2D eigenvalue weighted by molar-refractivity contribution is 5.91. The fourth-order valence-corrected chi connectivity index (χ4v) is 1.24. The van der Waals surface area contributed by atoms with Crippen molar-refractivity contribution < 1.29 is 14.6 Å². The molecule has 23 heavy (non-hydrogen) atoms. The van der Waals surface area contributed by atoms with E-state index in [1.807, 2.05) is 41.5 Å². The molecule has 0 aliphatic heterocycles. The van der Waals surface area contributed by atoms with Crippen molar-refractivity contribution in [2.24, 2.45) is 0 Å². The molecule has 0 bridgehead atoms. The molecule has 0 amide bonds. The molecule has 0 fully saturated rings. The summed E-state index contributed by atoms with van der Waals surface area (Å²) in [6.07, 6.45) is 2.44. The lowest BCUT2D eigenvalue weighted by Gasteiger charge is -2.08. The summed E-state index contributed by atoms with van der Waals surface area (Å²) in [7, 11) is 0. The van der Waals surface area contributed by atoms with Crippen molar-refractivity contribution in [3.05, 3.63) is 34.9 Å². The van der Waals surface area contributed by atoms with Gasteiger partial charge >= 0.3 is 5.97 Å². The molecule has 1 aromatic heterocycles. The molecule has 132 valence electrons. The molecule has 0 spiro atoms. The molecule has 0 radical (unpaired) electrons. The number of ether oxygens (including phenoxy) is 1. The van der Waals surface area contributed by atoms with Crippen molar-refractivity contribution in [1.29, 1.82) is 0 Å². The van der Waals surface area contributed by atoms with E-state index in [-0.39, 0.29) is 12.4 Å². The average molecular weight is 326 g/mol. The highest BCUT2D eigenvalue weighted by Crippen LogP contribution is 2.12. The van der Waals surface area contributed by atoms with Crippen LogP contribution in [0.15, 0.2) is 18.0 Å². The molecule has 0 unspecified atom stereocenters. The van der Waals surface area contributed by atoms with Crippen LogP contribution in [0.3, 0.4) is 0 Å². The van der Waals surface area contributed by atoms with E-state index in [4.69, 9.17) is 0 Å².